The van der Waals surface area contributed by atoms with Crippen molar-refractivity contribution in [2.24, 2.45) is 0 Å². The van der Waals surface area contributed by atoms with Crippen molar-refractivity contribution in [3.63, 3.8) is 0 Å². The van der Waals surface area contributed by atoms with Gasteiger partial charge in [0.25, 0.3) is 11.8 Å². The van der Waals surface area contributed by atoms with Gasteiger partial charge in [0.05, 0.1) is 18.4 Å². The molecule has 3 aliphatic heterocycles. The number of methoxy groups -OCH3 is 1. The van der Waals surface area contributed by atoms with Gasteiger partial charge in [0.2, 0.25) is 6.79 Å². The lowest BCUT2D eigenvalue weighted by molar-refractivity contribution is 0.0724. The van der Waals surface area contributed by atoms with Crippen LogP contribution in [0, 0.1) is 0 Å². The normalized spacial score (nSPS) is 16.6. The second-order valence-electron chi connectivity index (χ2n) is 10.3. The lowest BCUT2D eigenvalue weighted by Gasteiger charge is -2.39. The van der Waals surface area contributed by atoms with E-state index in [1.54, 1.807) is 25.3 Å². The van der Waals surface area contributed by atoms with E-state index >= 15 is 0 Å². The highest BCUT2D eigenvalue weighted by atomic mass is 16.7. The van der Waals surface area contributed by atoms with Crippen molar-refractivity contribution in [2.45, 2.75) is 19.3 Å². The third-order valence-electron chi connectivity index (χ3n) is 7.81. The van der Waals surface area contributed by atoms with E-state index in [0.717, 1.165) is 75.7 Å². The third kappa shape index (κ3) is 5.23. The van der Waals surface area contributed by atoms with Gasteiger partial charge in [-0.05, 0) is 67.8 Å². The minimum atomic E-state index is -0.271. The number of amides is 2. The van der Waals surface area contributed by atoms with Gasteiger partial charge in [-0.3, -0.25) is 9.59 Å². The second kappa shape index (κ2) is 11.4. The van der Waals surface area contributed by atoms with Crippen LogP contribution in [0.4, 0.5) is 17.1 Å². The minimum absolute atomic E-state index is 0.0148. The van der Waals surface area contributed by atoms with Crippen molar-refractivity contribution in [3.05, 3.63) is 71.8 Å². The zero-order valence-electron chi connectivity index (χ0n) is 22.7. The standard InChI is InChI=1S/C31H34N4O5/c1-38-27-8-4-3-7-26(27)34-17-15-33(16-18-34)25-11-10-23(20-24(25)31(37)35-13-5-2-6-14-35)32-30(36)22-9-12-28-29(19-22)40-21-39-28/h3-4,7-12,19-20H,2,5-6,13-18,21H2,1H3,(H,32,36). The number of nitrogens with zero attached hydrogens (tertiary/aromatic N) is 3. The largest absolute Gasteiger partial charge is 0.495 e. The summed E-state index contributed by atoms with van der Waals surface area (Å²) < 4.78 is 16.3. The number of likely N-dealkylation sites (tertiary alicyclic amines) is 1. The Morgan fingerprint density at radius 2 is 1.50 bits per heavy atom. The number of piperazine rings is 1. The summed E-state index contributed by atoms with van der Waals surface area (Å²) in [7, 11) is 1.69. The molecule has 3 aromatic carbocycles. The van der Waals surface area contributed by atoms with Gasteiger partial charge in [0, 0.05) is 56.2 Å². The second-order valence-corrected chi connectivity index (χ2v) is 10.3. The van der Waals surface area contributed by atoms with Crippen molar-refractivity contribution < 1.29 is 23.8 Å². The Labute approximate surface area is 234 Å². The maximum absolute atomic E-state index is 13.8. The molecule has 3 aromatic rings. The smallest absolute Gasteiger partial charge is 0.256 e. The SMILES string of the molecule is COc1ccccc1N1CCN(c2ccc(NC(=O)c3ccc4c(c3)OCO4)cc2C(=O)N2CCCCC2)CC1. The molecule has 0 aliphatic carbocycles. The molecule has 6 rings (SSSR count). The molecule has 0 aromatic heterocycles. The van der Waals surface area contributed by atoms with E-state index < -0.39 is 0 Å². The highest BCUT2D eigenvalue weighted by Gasteiger charge is 2.27. The van der Waals surface area contributed by atoms with Crippen LogP contribution < -0.4 is 29.3 Å². The molecule has 0 bridgehead atoms. The van der Waals surface area contributed by atoms with E-state index in [1.165, 1.54) is 0 Å². The molecule has 3 aliphatic rings. The van der Waals surface area contributed by atoms with Crippen LogP contribution in [0.3, 0.4) is 0 Å². The van der Waals surface area contributed by atoms with E-state index in [9.17, 15) is 9.59 Å². The molecular weight excluding hydrogens is 508 g/mol. The predicted molar refractivity (Wildman–Crippen MR) is 154 cm³/mol. The Morgan fingerprint density at radius 3 is 2.27 bits per heavy atom. The fraction of sp³-hybridized carbons (Fsp3) is 0.355. The molecule has 3 heterocycles. The van der Waals surface area contributed by atoms with Crippen LogP contribution in [0.25, 0.3) is 0 Å². The third-order valence-corrected chi connectivity index (χ3v) is 7.81. The lowest BCUT2D eigenvalue weighted by Crippen LogP contribution is -2.47. The van der Waals surface area contributed by atoms with Gasteiger partial charge in [0.15, 0.2) is 11.5 Å². The summed E-state index contributed by atoms with van der Waals surface area (Å²) in [6, 6.07) is 18.8. The molecular formula is C31H34N4O5. The number of carbonyl (C=O) groups is 2. The number of ether oxygens (including phenoxy) is 3. The Kier molecular flexibility index (Phi) is 7.35. The van der Waals surface area contributed by atoms with E-state index in [4.69, 9.17) is 14.2 Å². The first-order valence-electron chi connectivity index (χ1n) is 13.9. The number of carbonyl (C=O) groups excluding carboxylic acids is 2. The molecule has 2 fully saturated rings. The van der Waals surface area contributed by atoms with Crippen LogP contribution in [0.2, 0.25) is 0 Å². The van der Waals surface area contributed by atoms with Gasteiger partial charge in [0.1, 0.15) is 5.75 Å². The first kappa shape index (κ1) is 25.9. The average molecular weight is 543 g/mol. The minimum Gasteiger partial charge on any atom is -0.495 e. The number of benzene rings is 3. The Balaban J connectivity index is 1.23. The van der Waals surface area contributed by atoms with Gasteiger partial charge in [-0.2, -0.15) is 0 Å². The molecule has 1 N–H and O–H groups in total. The van der Waals surface area contributed by atoms with E-state index in [2.05, 4.69) is 21.2 Å². The van der Waals surface area contributed by atoms with Crippen molar-refractivity contribution in [3.8, 4) is 17.2 Å². The first-order valence-corrected chi connectivity index (χ1v) is 13.9. The Bertz CT molecular complexity index is 1400. The molecule has 0 saturated carbocycles. The Hall–Kier alpha value is -4.40. The summed E-state index contributed by atoms with van der Waals surface area (Å²) in [5.41, 5.74) is 3.65. The summed E-state index contributed by atoms with van der Waals surface area (Å²) in [6.45, 7) is 4.81. The maximum Gasteiger partial charge on any atom is 0.256 e. The topological polar surface area (TPSA) is 83.6 Å². The van der Waals surface area contributed by atoms with Gasteiger partial charge in [-0.1, -0.05) is 12.1 Å². The summed E-state index contributed by atoms with van der Waals surface area (Å²) in [6.07, 6.45) is 3.17. The zero-order valence-corrected chi connectivity index (χ0v) is 22.7. The molecule has 0 radical (unpaired) electrons. The van der Waals surface area contributed by atoms with Crippen LogP contribution in [0.15, 0.2) is 60.7 Å². The van der Waals surface area contributed by atoms with E-state index in [-0.39, 0.29) is 18.6 Å². The molecule has 0 spiro atoms. The van der Waals surface area contributed by atoms with Crippen molar-refractivity contribution >= 4 is 28.9 Å². The number of rotatable bonds is 6. The van der Waals surface area contributed by atoms with Crippen molar-refractivity contribution in [1.29, 1.82) is 0 Å². The lowest BCUT2D eigenvalue weighted by atomic mass is 10.0. The summed E-state index contributed by atoms with van der Waals surface area (Å²) in [5.74, 6) is 1.78. The maximum atomic E-state index is 13.8. The number of nitrogens with one attached hydrogen (secondary N) is 1. The molecule has 2 amide bonds. The van der Waals surface area contributed by atoms with Crippen molar-refractivity contribution in [1.82, 2.24) is 4.90 Å². The number of hydrogen-bond donors (Lipinski definition) is 1. The molecule has 9 nitrogen and oxygen atoms in total. The number of fused-ring (bicyclic) bond motifs is 1. The summed E-state index contributed by atoms with van der Waals surface area (Å²) in [5, 5.41) is 2.97. The molecule has 0 atom stereocenters. The Morgan fingerprint density at radius 1 is 0.775 bits per heavy atom. The number of piperidine rings is 1. The number of anilines is 3. The first-order chi connectivity index (χ1) is 19.6. The highest BCUT2D eigenvalue weighted by molar-refractivity contribution is 6.06. The highest BCUT2D eigenvalue weighted by Crippen LogP contribution is 2.34. The van der Waals surface area contributed by atoms with Crippen molar-refractivity contribution in [2.75, 3.05) is 68.3 Å². The summed E-state index contributed by atoms with van der Waals surface area (Å²) in [4.78, 5) is 33.4. The predicted octanol–water partition coefficient (Wildman–Crippen LogP) is 4.63. The van der Waals surface area contributed by atoms with Crippen LogP contribution in [-0.2, 0) is 0 Å². The fourth-order valence-electron chi connectivity index (χ4n) is 5.65. The van der Waals surface area contributed by atoms with Gasteiger partial charge >= 0.3 is 0 Å². The molecule has 40 heavy (non-hydrogen) atoms. The average Bonchev–Trinajstić information content (AvgIpc) is 3.49. The monoisotopic (exact) mass is 542 g/mol. The van der Waals surface area contributed by atoms with Crippen LogP contribution in [0.5, 0.6) is 17.2 Å². The molecule has 2 saturated heterocycles. The zero-order chi connectivity index (χ0) is 27.5. The van der Waals surface area contributed by atoms with E-state index in [1.807, 2.05) is 41.3 Å². The fourth-order valence-corrected chi connectivity index (χ4v) is 5.65. The van der Waals surface area contributed by atoms with Crippen LogP contribution in [-0.4, -0.2) is 69.9 Å². The van der Waals surface area contributed by atoms with Crippen LogP contribution in [0.1, 0.15) is 40.0 Å². The number of hydrogen-bond acceptors (Lipinski definition) is 7. The van der Waals surface area contributed by atoms with Gasteiger partial charge in [-0.25, -0.2) is 0 Å². The van der Waals surface area contributed by atoms with E-state index in [0.29, 0.717) is 28.3 Å². The number of para-hydroxylation sites is 2. The molecule has 208 valence electrons. The summed E-state index contributed by atoms with van der Waals surface area (Å²) >= 11 is 0. The van der Waals surface area contributed by atoms with Gasteiger partial charge < -0.3 is 34.2 Å². The molecule has 9 heteroatoms. The van der Waals surface area contributed by atoms with Crippen LogP contribution >= 0.6 is 0 Å². The quantitative estimate of drug-likeness (QED) is 0.486. The molecule has 0 unspecified atom stereocenters. The van der Waals surface area contributed by atoms with Gasteiger partial charge in [-0.15, -0.1) is 0 Å².